The van der Waals surface area contributed by atoms with Gasteiger partial charge in [-0.1, -0.05) is 0 Å². The molecule has 0 atom stereocenters. The molecule has 0 aliphatic heterocycles. The van der Waals surface area contributed by atoms with Crippen molar-refractivity contribution in [3.63, 3.8) is 0 Å². The average Bonchev–Trinajstić information content (AvgIpc) is 2.05. The number of phenolic OH excluding ortho intramolecular Hbond substituents is 1. The van der Waals surface area contributed by atoms with Crippen molar-refractivity contribution in [1.29, 1.82) is 0 Å². The van der Waals surface area contributed by atoms with Gasteiger partial charge in [-0.3, -0.25) is 14.7 Å². The van der Waals surface area contributed by atoms with Crippen molar-refractivity contribution in [2.24, 2.45) is 0 Å². The van der Waals surface area contributed by atoms with Crippen LogP contribution < -0.4 is 4.18 Å². The Hall–Kier alpha value is 1.36. The zero-order valence-electron chi connectivity index (χ0n) is 9.52. The standard InChI is InChI=1S/C6H5NO7S.2K.H2O/c8-5-3-4(7(9)10)1-2-6(5)14-15(11,12)13;;;/h1-3,8H,(H,11,12,13);;;1H2. The Balaban J connectivity index is -0.000000750. The fraction of sp³-hybridized carbons (Fsp3) is 0. The molecule has 0 aliphatic rings. The molecule has 4 N–H and O–H groups in total. The topological polar surface area (TPSA) is 158 Å². The summed E-state index contributed by atoms with van der Waals surface area (Å²) in [5.41, 5.74) is -0.435. The van der Waals surface area contributed by atoms with E-state index in [1.165, 1.54) is 0 Å². The van der Waals surface area contributed by atoms with Gasteiger partial charge in [-0.25, -0.2) is 0 Å². The van der Waals surface area contributed by atoms with Gasteiger partial charge in [-0.2, -0.15) is 8.42 Å². The second-order valence-corrected chi connectivity index (χ2v) is 3.44. The Bertz CT molecular complexity index is 504. The third-order valence-corrected chi connectivity index (χ3v) is 1.74. The molecule has 0 aromatic heterocycles. The molecule has 0 amide bonds. The third-order valence-electron chi connectivity index (χ3n) is 1.35. The predicted molar refractivity (Wildman–Crippen MR) is 62.1 cm³/mol. The minimum absolute atomic E-state index is 0. The first-order valence-corrected chi connectivity index (χ1v) is 4.80. The molecule has 0 spiro atoms. The van der Waals surface area contributed by atoms with Crippen LogP contribution in [0.2, 0.25) is 0 Å². The number of rotatable bonds is 3. The fourth-order valence-corrected chi connectivity index (χ4v) is 1.17. The molecule has 2 radical (unpaired) electrons. The quantitative estimate of drug-likeness (QED) is 0.307. The number of non-ortho nitro benzene ring substituents is 1. The minimum atomic E-state index is -4.76. The largest absolute Gasteiger partial charge is 0.504 e. The van der Waals surface area contributed by atoms with Gasteiger partial charge in [0.05, 0.1) is 11.0 Å². The maximum absolute atomic E-state index is 10.3. The summed E-state index contributed by atoms with van der Waals surface area (Å²) in [5.74, 6) is -1.36. The number of nitro groups is 1. The van der Waals surface area contributed by atoms with Crippen LogP contribution in [0.5, 0.6) is 11.5 Å². The number of hydrogen-bond donors (Lipinski definition) is 2. The van der Waals surface area contributed by atoms with Gasteiger partial charge in [0.25, 0.3) is 5.69 Å². The first-order valence-electron chi connectivity index (χ1n) is 3.44. The number of nitro benzene ring substituents is 1. The molecule has 1 rings (SSSR count). The number of benzene rings is 1. The monoisotopic (exact) mass is 331 g/mol. The van der Waals surface area contributed by atoms with Crippen molar-refractivity contribution < 1.29 is 32.7 Å². The Morgan fingerprint density at radius 2 is 1.78 bits per heavy atom. The van der Waals surface area contributed by atoms with E-state index in [0.29, 0.717) is 6.07 Å². The number of aromatic hydroxyl groups is 1. The van der Waals surface area contributed by atoms with Crippen molar-refractivity contribution in [1.82, 2.24) is 0 Å². The first kappa shape index (κ1) is 24.4. The van der Waals surface area contributed by atoms with Gasteiger partial charge >= 0.3 is 10.4 Å². The van der Waals surface area contributed by atoms with E-state index < -0.39 is 32.5 Å². The Labute approximate surface area is 187 Å². The molecular formula is C6H7K2NO8S. The van der Waals surface area contributed by atoms with Crippen LogP contribution in [-0.2, 0) is 10.4 Å². The zero-order valence-corrected chi connectivity index (χ0v) is 16.6. The van der Waals surface area contributed by atoms with E-state index in [9.17, 15) is 18.5 Å². The van der Waals surface area contributed by atoms with E-state index in [1.54, 1.807) is 0 Å². The molecule has 0 saturated heterocycles. The molecule has 0 aliphatic carbocycles. The SMILES string of the molecule is O.O=[N+]([O-])c1ccc(OS(=O)(=O)O)c(O)c1.[K].[K]. The van der Waals surface area contributed by atoms with E-state index in [1.807, 2.05) is 0 Å². The molecule has 12 heteroatoms. The summed E-state index contributed by atoms with van der Waals surface area (Å²) in [4.78, 5) is 9.45. The average molecular weight is 331 g/mol. The van der Waals surface area contributed by atoms with E-state index in [0.717, 1.165) is 12.1 Å². The Kier molecular flexibility index (Phi) is 13.7. The van der Waals surface area contributed by atoms with Crippen LogP contribution in [-0.4, -0.2) is 131 Å². The Morgan fingerprint density at radius 1 is 1.28 bits per heavy atom. The first-order chi connectivity index (χ1) is 6.79. The van der Waals surface area contributed by atoms with Crippen molar-refractivity contribution in [2.45, 2.75) is 0 Å². The van der Waals surface area contributed by atoms with Gasteiger partial charge < -0.3 is 14.8 Å². The van der Waals surface area contributed by atoms with Gasteiger partial charge in [0, 0.05) is 109 Å². The molecule has 1 aromatic carbocycles. The summed E-state index contributed by atoms with van der Waals surface area (Å²) in [6.45, 7) is 0. The molecule has 0 heterocycles. The molecule has 0 saturated carbocycles. The smallest absolute Gasteiger partial charge is 0.446 e. The Morgan fingerprint density at radius 3 is 2.11 bits per heavy atom. The van der Waals surface area contributed by atoms with E-state index in [2.05, 4.69) is 4.18 Å². The summed E-state index contributed by atoms with van der Waals surface area (Å²) >= 11 is 0. The molecule has 0 fully saturated rings. The summed E-state index contributed by atoms with van der Waals surface area (Å²) in [5, 5.41) is 19.3. The van der Waals surface area contributed by atoms with Crippen LogP contribution in [0.4, 0.5) is 5.69 Å². The molecule has 0 unspecified atom stereocenters. The summed E-state index contributed by atoms with van der Waals surface area (Å²) in [6, 6.07) is 2.46. The van der Waals surface area contributed by atoms with Crippen LogP contribution in [0.1, 0.15) is 0 Å². The summed E-state index contributed by atoms with van der Waals surface area (Å²) in [6.07, 6.45) is 0. The van der Waals surface area contributed by atoms with Gasteiger partial charge in [-0.05, 0) is 6.07 Å². The number of phenols is 1. The van der Waals surface area contributed by atoms with Crippen molar-refractivity contribution in [3.05, 3.63) is 28.3 Å². The summed E-state index contributed by atoms with van der Waals surface area (Å²) in [7, 11) is -4.76. The van der Waals surface area contributed by atoms with Crippen LogP contribution in [0.25, 0.3) is 0 Å². The van der Waals surface area contributed by atoms with Crippen LogP contribution in [0.15, 0.2) is 18.2 Å². The van der Waals surface area contributed by atoms with Gasteiger partial charge in [0.15, 0.2) is 11.5 Å². The summed E-state index contributed by atoms with van der Waals surface area (Å²) < 4.78 is 32.7. The van der Waals surface area contributed by atoms with E-state index in [4.69, 9.17) is 9.66 Å². The molecule has 9 nitrogen and oxygen atoms in total. The predicted octanol–water partition coefficient (Wildman–Crippen LogP) is -1.10. The minimum Gasteiger partial charge on any atom is -0.504 e. The maximum Gasteiger partial charge on any atom is 0.446 e. The molecule has 1 aromatic rings. The van der Waals surface area contributed by atoms with Gasteiger partial charge in [-0.15, -0.1) is 0 Å². The van der Waals surface area contributed by atoms with Crippen molar-refractivity contribution in [3.8, 4) is 11.5 Å². The number of hydrogen-bond acceptors (Lipinski definition) is 6. The second-order valence-electron chi connectivity index (χ2n) is 2.42. The second kappa shape index (κ2) is 10.1. The van der Waals surface area contributed by atoms with E-state index >= 15 is 0 Å². The zero-order chi connectivity index (χ0) is 11.6. The van der Waals surface area contributed by atoms with Crippen LogP contribution >= 0.6 is 0 Å². The van der Waals surface area contributed by atoms with Crippen LogP contribution in [0.3, 0.4) is 0 Å². The van der Waals surface area contributed by atoms with Gasteiger partial charge in [0.2, 0.25) is 0 Å². The van der Waals surface area contributed by atoms with Crippen LogP contribution in [0, 0.1) is 10.1 Å². The molecule has 92 valence electrons. The van der Waals surface area contributed by atoms with Crippen molar-refractivity contribution >= 4 is 119 Å². The fourth-order valence-electron chi connectivity index (χ4n) is 0.803. The molecule has 0 bridgehead atoms. The third kappa shape index (κ3) is 8.52. The van der Waals surface area contributed by atoms with E-state index in [-0.39, 0.29) is 108 Å². The molecular weight excluding hydrogens is 324 g/mol. The number of nitrogens with zero attached hydrogens (tertiary/aromatic N) is 1. The van der Waals surface area contributed by atoms with Gasteiger partial charge in [0.1, 0.15) is 0 Å². The normalized spacial score (nSPS) is 9.17. The maximum atomic E-state index is 10.3. The molecule has 18 heavy (non-hydrogen) atoms. The van der Waals surface area contributed by atoms with Crippen molar-refractivity contribution in [2.75, 3.05) is 0 Å².